The Kier molecular flexibility index (Phi) is 5.45. The third-order valence-electron chi connectivity index (χ3n) is 3.23. The van der Waals surface area contributed by atoms with Crippen LogP contribution in [0.4, 0.5) is 4.39 Å². The van der Waals surface area contributed by atoms with Gasteiger partial charge in [0.2, 0.25) is 0 Å². The first-order chi connectivity index (χ1) is 10.2. The van der Waals surface area contributed by atoms with Gasteiger partial charge in [-0.15, -0.1) is 0 Å². The van der Waals surface area contributed by atoms with Crippen LogP contribution in [0.2, 0.25) is 0 Å². The molecule has 4 nitrogen and oxygen atoms in total. The van der Waals surface area contributed by atoms with Crippen LogP contribution in [0.25, 0.3) is 6.08 Å². The lowest BCUT2D eigenvalue weighted by molar-refractivity contribution is 0.0105. The van der Waals surface area contributed by atoms with E-state index in [1.807, 2.05) is 0 Å². The molecule has 0 aromatic heterocycles. The Morgan fingerprint density at radius 3 is 2.90 bits per heavy atom. The summed E-state index contributed by atoms with van der Waals surface area (Å²) in [5.74, 6) is -0.377. The molecule has 5 heteroatoms. The van der Waals surface area contributed by atoms with Crippen LogP contribution in [0.3, 0.4) is 0 Å². The summed E-state index contributed by atoms with van der Waals surface area (Å²) in [6, 6.07) is 7.76. The molecule has 0 amide bonds. The molecule has 0 aliphatic carbocycles. The Bertz CT molecular complexity index is 592. The highest BCUT2D eigenvalue weighted by atomic mass is 19.1. The van der Waals surface area contributed by atoms with Gasteiger partial charge in [-0.1, -0.05) is 6.07 Å². The summed E-state index contributed by atoms with van der Waals surface area (Å²) in [4.78, 5) is 0. The van der Waals surface area contributed by atoms with Crippen molar-refractivity contribution < 1.29 is 13.9 Å². The van der Waals surface area contributed by atoms with Gasteiger partial charge in [0.1, 0.15) is 23.5 Å². The topological polar surface area (TPSA) is 66.0 Å². The molecule has 21 heavy (non-hydrogen) atoms. The van der Waals surface area contributed by atoms with Gasteiger partial charge in [0.15, 0.2) is 0 Å². The van der Waals surface area contributed by atoms with Gasteiger partial charge >= 0.3 is 0 Å². The zero-order valence-electron chi connectivity index (χ0n) is 11.5. The second kappa shape index (κ2) is 7.54. The highest BCUT2D eigenvalue weighted by molar-refractivity contribution is 5.64. The molecule has 1 heterocycles. The van der Waals surface area contributed by atoms with Gasteiger partial charge < -0.3 is 9.47 Å². The first-order valence-electron chi connectivity index (χ1n) is 6.72. The van der Waals surface area contributed by atoms with Crippen molar-refractivity contribution in [3.63, 3.8) is 0 Å². The number of hydrogen-bond acceptors (Lipinski definition) is 4. The molecule has 108 valence electrons. The van der Waals surface area contributed by atoms with E-state index in [4.69, 9.17) is 20.0 Å². The predicted molar refractivity (Wildman–Crippen MR) is 74.2 cm³/mol. The zero-order chi connectivity index (χ0) is 15.1. The van der Waals surface area contributed by atoms with Gasteiger partial charge in [-0.3, -0.25) is 0 Å². The van der Waals surface area contributed by atoms with Gasteiger partial charge in [-0.2, -0.15) is 10.5 Å². The van der Waals surface area contributed by atoms with Crippen LogP contribution in [-0.2, 0) is 16.1 Å². The number of halogens is 1. The van der Waals surface area contributed by atoms with E-state index in [0.29, 0.717) is 17.7 Å². The summed E-state index contributed by atoms with van der Waals surface area (Å²) in [6.45, 7) is 1.44. The van der Waals surface area contributed by atoms with Crippen molar-refractivity contribution in [3.05, 3.63) is 40.7 Å². The standard InChI is InChI=1S/C16H15FN2O2/c17-15-4-3-13(6-12(8-18)9-19)14(7-15)10-20-11-16-2-1-5-21-16/h3-4,6-7,16H,1-2,5,10-11H2. The van der Waals surface area contributed by atoms with E-state index in [2.05, 4.69) is 0 Å². The molecule has 1 aromatic rings. The quantitative estimate of drug-likeness (QED) is 0.780. The molecule has 1 saturated heterocycles. The molecule has 1 unspecified atom stereocenters. The number of benzene rings is 1. The molecule has 0 radical (unpaired) electrons. The largest absolute Gasteiger partial charge is 0.376 e. The molecule has 0 saturated carbocycles. The number of rotatable bonds is 5. The fraction of sp³-hybridized carbons (Fsp3) is 0.375. The molecule has 1 aromatic carbocycles. The third-order valence-corrected chi connectivity index (χ3v) is 3.23. The summed E-state index contributed by atoms with van der Waals surface area (Å²) >= 11 is 0. The Labute approximate surface area is 123 Å². The monoisotopic (exact) mass is 286 g/mol. The van der Waals surface area contributed by atoms with Crippen molar-refractivity contribution >= 4 is 6.08 Å². The fourth-order valence-corrected chi connectivity index (χ4v) is 2.16. The highest BCUT2D eigenvalue weighted by Gasteiger charge is 2.15. The van der Waals surface area contributed by atoms with Gasteiger partial charge in [0.05, 0.1) is 19.3 Å². The molecule has 0 N–H and O–H groups in total. The Balaban J connectivity index is 2.06. The second-order valence-corrected chi connectivity index (χ2v) is 4.77. The van der Waals surface area contributed by atoms with Crippen molar-refractivity contribution in [1.82, 2.24) is 0 Å². The van der Waals surface area contributed by atoms with Crippen molar-refractivity contribution in [3.8, 4) is 12.1 Å². The van der Waals surface area contributed by atoms with Crippen molar-refractivity contribution in [2.45, 2.75) is 25.6 Å². The summed E-state index contributed by atoms with van der Waals surface area (Å²) in [6.07, 6.45) is 3.55. The van der Waals surface area contributed by atoms with Crippen LogP contribution in [0.15, 0.2) is 23.8 Å². The lowest BCUT2D eigenvalue weighted by Gasteiger charge is -2.11. The summed E-state index contributed by atoms with van der Waals surface area (Å²) in [7, 11) is 0. The molecule has 0 bridgehead atoms. The minimum Gasteiger partial charge on any atom is -0.376 e. The third kappa shape index (κ3) is 4.39. The van der Waals surface area contributed by atoms with E-state index in [9.17, 15) is 4.39 Å². The maximum Gasteiger partial charge on any atom is 0.130 e. The maximum atomic E-state index is 13.3. The molecule has 1 aliphatic rings. The SMILES string of the molecule is N#CC(C#N)=Cc1ccc(F)cc1COCC1CCCO1. The number of nitriles is 2. The van der Waals surface area contributed by atoms with Crippen LogP contribution < -0.4 is 0 Å². The Hall–Kier alpha value is -2.21. The molecule has 1 fully saturated rings. The first-order valence-corrected chi connectivity index (χ1v) is 6.72. The minimum atomic E-state index is -0.377. The number of ether oxygens (including phenoxy) is 2. The van der Waals surface area contributed by atoms with Crippen LogP contribution >= 0.6 is 0 Å². The Morgan fingerprint density at radius 1 is 1.43 bits per heavy atom. The summed E-state index contributed by atoms with van der Waals surface area (Å²) in [5.41, 5.74) is 1.19. The Morgan fingerprint density at radius 2 is 2.24 bits per heavy atom. The van der Waals surface area contributed by atoms with Gasteiger partial charge in [-0.25, -0.2) is 4.39 Å². The molecule has 2 rings (SSSR count). The fourth-order valence-electron chi connectivity index (χ4n) is 2.16. The molecule has 0 spiro atoms. The van der Waals surface area contributed by atoms with Crippen LogP contribution in [0.5, 0.6) is 0 Å². The highest BCUT2D eigenvalue weighted by Crippen LogP contribution is 2.18. The average Bonchev–Trinajstić information content (AvgIpc) is 3.00. The maximum absolute atomic E-state index is 13.3. The first kappa shape index (κ1) is 15.2. The van der Waals surface area contributed by atoms with Gasteiger partial charge in [-0.05, 0) is 42.2 Å². The van der Waals surface area contributed by atoms with Crippen LogP contribution in [-0.4, -0.2) is 19.3 Å². The number of nitrogens with zero attached hydrogens (tertiary/aromatic N) is 2. The second-order valence-electron chi connectivity index (χ2n) is 4.77. The summed E-state index contributed by atoms with van der Waals surface area (Å²) in [5, 5.41) is 17.6. The smallest absolute Gasteiger partial charge is 0.130 e. The van der Waals surface area contributed by atoms with E-state index in [0.717, 1.165) is 19.4 Å². The molecular formula is C16H15FN2O2. The van der Waals surface area contributed by atoms with Gasteiger partial charge in [0, 0.05) is 6.61 Å². The van der Waals surface area contributed by atoms with E-state index in [1.54, 1.807) is 12.1 Å². The zero-order valence-corrected chi connectivity index (χ0v) is 11.5. The van der Waals surface area contributed by atoms with Gasteiger partial charge in [0.25, 0.3) is 0 Å². The normalized spacial score (nSPS) is 17.0. The number of allylic oxidation sites excluding steroid dienone is 1. The number of hydrogen-bond donors (Lipinski definition) is 0. The van der Waals surface area contributed by atoms with E-state index in [1.165, 1.54) is 24.3 Å². The lowest BCUT2D eigenvalue weighted by Crippen LogP contribution is -2.14. The molecule has 1 atom stereocenters. The minimum absolute atomic E-state index is 0.0259. The van der Waals surface area contributed by atoms with Crippen LogP contribution in [0.1, 0.15) is 24.0 Å². The van der Waals surface area contributed by atoms with Crippen molar-refractivity contribution in [2.75, 3.05) is 13.2 Å². The average molecular weight is 286 g/mol. The van der Waals surface area contributed by atoms with Crippen molar-refractivity contribution in [1.29, 1.82) is 10.5 Å². The van der Waals surface area contributed by atoms with E-state index >= 15 is 0 Å². The lowest BCUT2D eigenvalue weighted by atomic mass is 10.1. The van der Waals surface area contributed by atoms with Crippen LogP contribution in [0, 0.1) is 28.5 Å². The predicted octanol–water partition coefficient (Wildman–Crippen LogP) is 2.95. The summed E-state index contributed by atoms with van der Waals surface area (Å²) < 4.78 is 24.4. The van der Waals surface area contributed by atoms with E-state index in [-0.39, 0.29) is 24.1 Å². The molecular weight excluding hydrogens is 271 g/mol. The van der Waals surface area contributed by atoms with Crippen molar-refractivity contribution in [2.24, 2.45) is 0 Å². The molecule has 1 aliphatic heterocycles. The van der Waals surface area contributed by atoms with E-state index < -0.39 is 0 Å².